The number of carbonyl (C=O) groups is 3. The molecule has 0 aromatic heterocycles. The lowest BCUT2D eigenvalue weighted by molar-refractivity contribution is -0.133. The van der Waals surface area contributed by atoms with E-state index in [-0.39, 0.29) is 11.1 Å². The quantitative estimate of drug-likeness (QED) is 0.647. The van der Waals surface area contributed by atoms with E-state index in [1.807, 2.05) is 12.1 Å². The highest BCUT2D eigenvalue weighted by Gasteiger charge is 2.49. The second kappa shape index (κ2) is 7.83. The van der Waals surface area contributed by atoms with E-state index in [1.54, 1.807) is 25.1 Å². The molecule has 1 atom stereocenters. The number of urea groups is 1. The summed E-state index contributed by atoms with van der Waals surface area (Å²) in [4.78, 5) is 38.6. The van der Waals surface area contributed by atoms with E-state index in [2.05, 4.69) is 47.3 Å². The standard InChI is InChI=1S/C22H23BrFN3O3/c1-21(2,3)13-5-7-14(8-6-13)22(4)19(29)27(20(30)26-22)12-18(28)25-17-10-9-15(23)11-16(17)24/h5-11H,12H2,1-4H3,(H,25,28)(H,26,30)/t22-/m0/s1. The molecule has 8 heteroatoms. The number of rotatable bonds is 4. The predicted octanol–water partition coefficient (Wildman–Crippen LogP) is 4.29. The zero-order valence-corrected chi connectivity index (χ0v) is 18.8. The minimum Gasteiger partial charge on any atom is -0.322 e. The molecule has 0 unspecified atom stereocenters. The van der Waals surface area contributed by atoms with Gasteiger partial charge in [-0.3, -0.25) is 14.5 Å². The minimum absolute atomic E-state index is 0.0317. The van der Waals surface area contributed by atoms with Crippen molar-refractivity contribution in [2.24, 2.45) is 0 Å². The van der Waals surface area contributed by atoms with Crippen LogP contribution in [0.3, 0.4) is 0 Å². The maximum atomic E-state index is 13.9. The fourth-order valence-electron chi connectivity index (χ4n) is 3.26. The van der Waals surface area contributed by atoms with Gasteiger partial charge in [-0.1, -0.05) is 61.0 Å². The third-order valence-corrected chi connectivity index (χ3v) is 5.60. The van der Waals surface area contributed by atoms with Gasteiger partial charge in [-0.2, -0.15) is 0 Å². The molecule has 1 heterocycles. The molecule has 3 rings (SSSR count). The predicted molar refractivity (Wildman–Crippen MR) is 115 cm³/mol. The number of hydrogen-bond donors (Lipinski definition) is 2. The van der Waals surface area contributed by atoms with Crippen molar-refractivity contribution >= 4 is 39.5 Å². The van der Waals surface area contributed by atoms with Gasteiger partial charge in [-0.15, -0.1) is 0 Å². The molecule has 2 N–H and O–H groups in total. The lowest BCUT2D eigenvalue weighted by Gasteiger charge is -2.24. The molecule has 6 nitrogen and oxygen atoms in total. The topological polar surface area (TPSA) is 78.5 Å². The molecule has 2 aromatic rings. The number of imide groups is 1. The Morgan fingerprint density at radius 2 is 1.80 bits per heavy atom. The number of halogens is 2. The molecule has 4 amide bonds. The number of nitrogens with one attached hydrogen (secondary N) is 2. The van der Waals surface area contributed by atoms with Crippen LogP contribution in [0.1, 0.15) is 38.8 Å². The summed E-state index contributed by atoms with van der Waals surface area (Å²) in [6.07, 6.45) is 0. The van der Waals surface area contributed by atoms with E-state index < -0.39 is 35.7 Å². The number of anilines is 1. The molecular weight excluding hydrogens is 453 g/mol. The summed E-state index contributed by atoms with van der Waals surface area (Å²) < 4.78 is 14.5. The lowest BCUT2D eigenvalue weighted by Crippen LogP contribution is -2.42. The third kappa shape index (κ3) is 4.23. The Balaban J connectivity index is 1.76. The normalized spacial score (nSPS) is 19.1. The Morgan fingerprint density at radius 1 is 1.17 bits per heavy atom. The van der Waals surface area contributed by atoms with E-state index in [4.69, 9.17) is 0 Å². The number of hydrogen-bond acceptors (Lipinski definition) is 3. The zero-order chi connectivity index (χ0) is 22.3. The van der Waals surface area contributed by atoms with Crippen molar-refractivity contribution in [3.63, 3.8) is 0 Å². The van der Waals surface area contributed by atoms with Gasteiger partial charge < -0.3 is 10.6 Å². The molecule has 30 heavy (non-hydrogen) atoms. The lowest BCUT2D eigenvalue weighted by atomic mass is 9.84. The molecule has 1 aliphatic heterocycles. The van der Waals surface area contributed by atoms with Crippen LogP contribution in [0.2, 0.25) is 0 Å². The van der Waals surface area contributed by atoms with Gasteiger partial charge in [-0.05, 0) is 41.7 Å². The summed E-state index contributed by atoms with van der Waals surface area (Å²) in [5, 5.41) is 5.06. The Bertz CT molecular complexity index is 1020. The molecule has 158 valence electrons. The summed E-state index contributed by atoms with van der Waals surface area (Å²) in [7, 11) is 0. The van der Waals surface area contributed by atoms with Gasteiger partial charge in [-0.25, -0.2) is 9.18 Å². The first-order valence-electron chi connectivity index (χ1n) is 9.42. The highest BCUT2D eigenvalue weighted by molar-refractivity contribution is 9.10. The average Bonchev–Trinajstić information content (AvgIpc) is 2.87. The van der Waals surface area contributed by atoms with Crippen LogP contribution in [0, 0.1) is 5.82 Å². The molecule has 0 bridgehead atoms. The number of benzene rings is 2. The summed E-state index contributed by atoms with van der Waals surface area (Å²) in [6.45, 7) is 7.34. The van der Waals surface area contributed by atoms with E-state index in [9.17, 15) is 18.8 Å². The van der Waals surface area contributed by atoms with Crippen molar-refractivity contribution < 1.29 is 18.8 Å². The molecule has 0 saturated carbocycles. The van der Waals surface area contributed by atoms with Crippen LogP contribution in [0.4, 0.5) is 14.9 Å². The maximum absolute atomic E-state index is 13.9. The molecule has 0 radical (unpaired) electrons. The van der Waals surface area contributed by atoms with E-state index in [0.717, 1.165) is 10.5 Å². The van der Waals surface area contributed by atoms with Gasteiger partial charge in [0.15, 0.2) is 0 Å². The summed E-state index contributed by atoms with van der Waals surface area (Å²) in [5.41, 5.74) is 0.358. The maximum Gasteiger partial charge on any atom is 0.325 e. The van der Waals surface area contributed by atoms with Crippen molar-refractivity contribution in [3.05, 3.63) is 63.9 Å². The van der Waals surface area contributed by atoms with Gasteiger partial charge in [0.05, 0.1) is 5.69 Å². The minimum atomic E-state index is -1.28. The first-order chi connectivity index (χ1) is 13.9. The zero-order valence-electron chi connectivity index (χ0n) is 17.2. The average molecular weight is 476 g/mol. The Hall–Kier alpha value is -2.74. The van der Waals surface area contributed by atoms with Crippen molar-refractivity contribution in [2.75, 3.05) is 11.9 Å². The largest absolute Gasteiger partial charge is 0.325 e. The molecule has 1 aliphatic rings. The smallest absolute Gasteiger partial charge is 0.322 e. The first kappa shape index (κ1) is 22.0. The van der Waals surface area contributed by atoms with Crippen LogP contribution in [0.15, 0.2) is 46.9 Å². The Kier molecular flexibility index (Phi) is 5.73. The fraction of sp³-hybridized carbons (Fsp3) is 0.318. The highest BCUT2D eigenvalue weighted by Crippen LogP contribution is 2.31. The van der Waals surface area contributed by atoms with Crippen LogP contribution < -0.4 is 10.6 Å². The van der Waals surface area contributed by atoms with Gasteiger partial charge in [0, 0.05) is 4.47 Å². The van der Waals surface area contributed by atoms with Gasteiger partial charge in [0.2, 0.25) is 5.91 Å². The van der Waals surface area contributed by atoms with Crippen LogP contribution in [0.5, 0.6) is 0 Å². The van der Waals surface area contributed by atoms with E-state index in [0.29, 0.717) is 10.0 Å². The van der Waals surface area contributed by atoms with Crippen LogP contribution in [0.25, 0.3) is 0 Å². The van der Waals surface area contributed by atoms with Gasteiger partial charge in [0.1, 0.15) is 17.9 Å². The van der Waals surface area contributed by atoms with Crippen molar-refractivity contribution in [2.45, 2.75) is 38.6 Å². The van der Waals surface area contributed by atoms with Crippen LogP contribution >= 0.6 is 15.9 Å². The van der Waals surface area contributed by atoms with Crippen molar-refractivity contribution in [3.8, 4) is 0 Å². The monoisotopic (exact) mass is 475 g/mol. The Labute approximate surface area is 183 Å². The number of carbonyl (C=O) groups excluding carboxylic acids is 3. The summed E-state index contributed by atoms with van der Waals surface area (Å²) in [6, 6.07) is 11.0. The Morgan fingerprint density at radius 3 is 2.37 bits per heavy atom. The van der Waals surface area contributed by atoms with Crippen LogP contribution in [-0.2, 0) is 20.5 Å². The van der Waals surface area contributed by atoms with Crippen molar-refractivity contribution in [1.82, 2.24) is 10.2 Å². The SMILES string of the molecule is CC(C)(C)c1ccc([C@]2(C)NC(=O)N(CC(=O)Nc3ccc(Br)cc3F)C2=O)cc1. The second-order valence-corrected chi connectivity index (χ2v) is 9.36. The number of nitrogens with zero attached hydrogens (tertiary/aromatic N) is 1. The number of amides is 4. The highest BCUT2D eigenvalue weighted by atomic mass is 79.9. The molecule has 1 fully saturated rings. The second-order valence-electron chi connectivity index (χ2n) is 8.45. The van der Waals surface area contributed by atoms with Crippen LogP contribution in [-0.4, -0.2) is 29.3 Å². The summed E-state index contributed by atoms with van der Waals surface area (Å²) in [5.74, 6) is -1.84. The van der Waals surface area contributed by atoms with E-state index >= 15 is 0 Å². The fourth-order valence-corrected chi connectivity index (χ4v) is 3.60. The molecule has 0 aliphatic carbocycles. The first-order valence-corrected chi connectivity index (χ1v) is 10.2. The third-order valence-electron chi connectivity index (χ3n) is 5.11. The molecule has 1 saturated heterocycles. The van der Waals surface area contributed by atoms with Crippen molar-refractivity contribution in [1.29, 1.82) is 0 Å². The molecule has 0 spiro atoms. The van der Waals surface area contributed by atoms with E-state index in [1.165, 1.54) is 12.1 Å². The molecule has 2 aromatic carbocycles. The summed E-state index contributed by atoms with van der Waals surface area (Å²) >= 11 is 3.14. The molecular formula is C22H23BrFN3O3. The van der Waals surface area contributed by atoms with Gasteiger partial charge >= 0.3 is 6.03 Å². The van der Waals surface area contributed by atoms with Gasteiger partial charge in [0.25, 0.3) is 5.91 Å².